The van der Waals surface area contributed by atoms with Crippen molar-refractivity contribution in [3.05, 3.63) is 30.1 Å². The van der Waals surface area contributed by atoms with Gasteiger partial charge in [0, 0.05) is 5.69 Å². The van der Waals surface area contributed by atoms with Gasteiger partial charge in [0.2, 0.25) is 0 Å². The second-order valence-electron chi connectivity index (χ2n) is 3.68. The molecular formula is C11H14FNO2. The molecule has 0 radical (unpaired) electrons. The molecule has 0 saturated heterocycles. The molecule has 1 amide bonds. The van der Waals surface area contributed by atoms with Gasteiger partial charge in [0.25, 0.3) is 5.91 Å². The number of anilines is 1. The summed E-state index contributed by atoms with van der Waals surface area (Å²) in [5, 5.41) is 11.9. The van der Waals surface area contributed by atoms with Crippen molar-refractivity contribution in [3.63, 3.8) is 0 Å². The Morgan fingerprint density at radius 3 is 2.33 bits per heavy atom. The Labute approximate surface area is 87.9 Å². The van der Waals surface area contributed by atoms with Crippen LogP contribution in [0, 0.1) is 11.7 Å². The summed E-state index contributed by atoms with van der Waals surface area (Å²) in [6.45, 7) is 3.49. The Hall–Kier alpha value is -1.42. The molecule has 0 spiro atoms. The first-order valence-corrected chi connectivity index (χ1v) is 4.75. The van der Waals surface area contributed by atoms with Gasteiger partial charge >= 0.3 is 0 Å². The molecule has 1 aromatic carbocycles. The Bertz CT molecular complexity index is 335. The topological polar surface area (TPSA) is 49.3 Å². The minimum atomic E-state index is -1.05. The highest BCUT2D eigenvalue weighted by atomic mass is 19.1. The second kappa shape index (κ2) is 4.89. The molecule has 0 aromatic heterocycles. The molecule has 1 aromatic rings. The lowest BCUT2D eigenvalue weighted by Gasteiger charge is -2.14. The molecule has 0 saturated carbocycles. The quantitative estimate of drug-likeness (QED) is 0.800. The van der Waals surface area contributed by atoms with E-state index in [4.69, 9.17) is 0 Å². The van der Waals surface area contributed by atoms with Crippen LogP contribution in [0.2, 0.25) is 0 Å². The third-order valence-corrected chi connectivity index (χ3v) is 2.01. The molecule has 0 bridgehead atoms. The molecule has 3 nitrogen and oxygen atoms in total. The monoisotopic (exact) mass is 211 g/mol. The minimum absolute atomic E-state index is 0.148. The highest BCUT2D eigenvalue weighted by Crippen LogP contribution is 2.10. The van der Waals surface area contributed by atoms with Crippen LogP contribution in [0.1, 0.15) is 13.8 Å². The summed E-state index contributed by atoms with van der Waals surface area (Å²) in [4.78, 5) is 11.4. The first kappa shape index (κ1) is 11.7. The lowest BCUT2D eigenvalue weighted by atomic mass is 10.1. The predicted octanol–water partition coefficient (Wildman–Crippen LogP) is 1.78. The van der Waals surface area contributed by atoms with Crippen molar-refractivity contribution in [2.24, 2.45) is 5.92 Å². The van der Waals surface area contributed by atoms with E-state index in [-0.39, 0.29) is 11.7 Å². The van der Waals surface area contributed by atoms with E-state index in [1.165, 1.54) is 24.3 Å². The van der Waals surface area contributed by atoms with E-state index in [9.17, 15) is 14.3 Å². The van der Waals surface area contributed by atoms with Gasteiger partial charge in [-0.25, -0.2) is 4.39 Å². The first-order chi connectivity index (χ1) is 7.00. The van der Waals surface area contributed by atoms with E-state index < -0.39 is 12.0 Å². The zero-order chi connectivity index (χ0) is 11.4. The van der Waals surface area contributed by atoms with E-state index in [2.05, 4.69) is 5.32 Å². The maximum Gasteiger partial charge on any atom is 0.253 e. The Morgan fingerprint density at radius 2 is 1.87 bits per heavy atom. The molecule has 15 heavy (non-hydrogen) atoms. The van der Waals surface area contributed by atoms with Crippen molar-refractivity contribution in [1.29, 1.82) is 0 Å². The molecule has 1 atom stereocenters. The molecule has 2 N–H and O–H groups in total. The standard InChI is InChI=1S/C11H14FNO2/c1-7(2)10(14)11(15)13-9-5-3-8(12)4-6-9/h3-7,10,14H,1-2H3,(H,13,15). The summed E-state index contributed by atoms with van der Waals surface area (Å²) in [7, 11) is 0. The van der Waals surface area contributed by atoms with Crippen molar-refractivity contribution in [2.75, 3.05) is 5.32 Å². The number of aliphatic hydroxyl groups excluding tert-OH is 1. The van der Waals surface area contributed by atoms with Gasteiger partial charge < -0.3 is 10.4 Å². The number of rotatable bonds is 3. The van der Waals surface area contributed by atoms with Gasteiger partial charge in [0.05, 0.1) is 0 Å². The van der Waals surface area contributed by atoms with Gasteiger partial charge in [-0.15, -0.1) is 0 Å². The summed E-state index contributed by atoms with van der Waals surface area (Å²) >= 11 is 0. The molecular weight excluding hydrogens is 197 g/mol. The molecule has 1 unspecified atom stereocenters. The number of aliphatic hydroxyl groups is 1. The number of hydrogen-bond acceptors (Lipinski definition) is 2. The van der Waals surface area contributed by atoms with Crippen molar-refractivity contribution >= 4 is 11.6 Å². The average Bonchev–Trinajstić information content (AvgIpc) is 2.20. The number of amides is 1. The summed E-state index contributed by atoms with van der Waals surface area (Å²) in [6, 6.07) is 5.38. The Morgan fingerprint density at radius 1 is 1.33 bits per heavy atom. The maximum absolute atomic E-state index is 12.5. The summed E-state index contributed by atoms with van der Waals surface area (Å²) in [5.74, 6) is -0.987. The summed E-state index contributed by atoms with van der Waals surface area (Å²) in [5.41, 5.74) is 0.473. The fourth-order valence-corrected chi connectivity index (χ4v) is 1.05. The number of carbonyl (C=O) groups excluding carboxylic acids is 1. The first-order valence-electron chi connectivity index (χ1n) is 4.75. The third kappa shape index (κ3) is 3.32. The molecule has 0 heterocycles. The van der Waals surface area contributed by atoms with Crippen LogP contribution in [0.25, 0.3) is 0 Å². The van der Waals surface area contributed by atoms with Crippen LogP contribution in [0.4, 0.5) is 10.1 Å². The number of hydrogen-bond donors (Lipinski definition) is 2. The van der Waals surface area contributed by atoms with Crippen LogP contribution in [-0.2, 0) is 4.79 Å². The maximum atomic E-state index is 12.5. The fourth-order valence-electron chi connectivity index (χ4n) is 1.05. The average molecular weight is 211 g/mol. The van der Waals surface area contributed by atoms with E-state index in [1.54, 1.807) is 13.8 Å². The minimum Gasteiger partial charge on any atom is -0.383 e. The molecule has 0 aliphatic rings. The molecule has 0 aliphatic heterocycles. The number of halogens is 1. The largest absolute Gasteiger partial charge is 0.383 e. The van der Waals surface area contributed by atoms with Gasteiger partial charge in [-0.3, -0.25) is 4.79 Å². The van der Waals surface area contributed by atoms with Crippen molar-refractivity contribution < 1.29 is 14.3 Å². The molecule has 0 fully saturated rings. The van der Waals surface area contributed by atoms with Gasteiger partial charge in [-0.1, -0.05) is 13.8 Å². The smallest absolute Gasteiger partial charge is 0.253 e. The number of benzene rings is 1. The van der Waals surface area contributed by atoms with E-state index in [1.807, 2.05) is 0 Å². The SMILES string of the molecule is CC(C)C(O)C(=O)Nc1ccc(F)cc1. The fraction of sp³-hybridized carbons (Fsp3) is 0.364. The van der Waals surface area contributed by atoms with Crippen LogP contribution in [-0.4, -0.2) is 17.1 Å². The highest BCUT2D eigenvalue weighted by Gasteiger charge is 2.18. The summed E-state index contributed by atoms with van der Waals surface area (Å²) < 4.78 is 12.5. The van der Waals surface area contributed by atoms with Gasteiger partial charge in [-0.05, 0) is 30.2 Å². The van der Waals surface area contributed by atoms with Crippen molar-refractivity contribution in [1.82, 2.24) is 0 Å². The van der Waals surface area contributed by atoms with Crippen LogP contribution >= 0.6 is 0 Å². The zero-order valence-electron chi connectivity index (χ0n) is 8.70. The Balaban J connectivity index is 2.62. The van der Waals surface area contributed by atoms with E-state index in [0.717, 1.165) is 0 Å². The summed E-state index contributed by atoms with van der Waals surface area (Å²) in [6.07, 6.45) is -1.05. The van der Waals surface area contributed by atoms with Crippen molar-refractivity contribution in [3.8, 4) is 0 Å². The van der Waals surface area contributed by atoms with Crippen molar-refractivity contribution in [2.45, 2.75) is 20.0 Å². The van der Waals surface area contributed by atoms with Crippen LogP contribution in [0.3, 0.4) is 0 Å². The molecule has 82 valence electrons. The van der Waals surface area contributed by atoms with Gasteiger partial charge in [0.1, 0.15) is 11.9 Å². The van der Waals surface area contributed by atoms with Gasteiger partial charge in [-0.2, -0.15) is 0 Å². The van der Waals surface area contributed by atoms with E-state index in [0.29, 0.717) is 5.69 Å². The second-order valence-corrected chi connectivity index (χ2v) is 3.68. The molecule has 0 aliphatic carbocycles. The number of nitrogens with one attached hydrogen (secondary N) is 1. The van der Waals surface area contributed by atoms with Crippen LogP contribution in [0.15, 0.2) is 24.3 Å². The lowest BCUT2D eigenvalue weighted by molar-refractivity contribution is -0.125. The van der Waals surface area contributed by atoms with E-state index >= 15 is 0 Å². The molecule has 4 heteroatoms. The number of carbonyl (C=O) groups is 1. The lowest BCUT2D eigenvalue weighted by Crippen LogP contribution is -2.31. The van der Waals surface area contributed by atoms with Crippen LogP contribution < -0.4 is 5.32 Å². The van der Waals surface area contributed by atoms with Gasteiger partial charge in [0.15, 0.2) is 0 Å². The normalized spacial score (nSPS) is 12.6. The Kier molecular flexibility index (Phi) is 3.80. The van der Waals surface area contributed by atoms with Crippen LogP contribution in [0.5, 0.6) is 0 Å². The zero-order valence-corrected chi connectivity index (χ0v) is 8.70. The third-order valence-electron chi connectivity index (χ3n) is 2.01. The predicted molar refractivity (Wildman–Crippen MR) is 55.9 cm³/mol. The highest BCUT2D eigenvalue weighted by molar-refractivity contribution is 5.94. The molecule has 1 rings (SSSR count).